The van der Waals surface area contributed by atoms with Gasteiger partial charge in [0.1, 0.15) is 0 Å². The lowest BCUT2D eigenvalue weighted by molar-refractivity contribution is -0.127. The molecule has 1 saturated heterocycles. The minimum atomic E-state index is -3.50. The lowest BCUT2D eigenvalue weighted by Gasteiger charge is -2.33. The Morgan fingerprint density at radius 3 is 2.21 bits per heavy atom. The van der Waals surface area contributed by atoms with E-state index in [0.29, 0.717) is 30.8 Å². The lowest BCUT2D eigenvalue weighted by Crippen LogP contribution is -2.46. The minimum absolute atomic E-state index is 0. The summed E-state index contributed by atoms with van der Waals surface area (Å²) >= 11 is 0. The number of nitrogens with one attached hydrogen (secondary N) is 1. The Morgan fingerprint density at radius 2 is 1.64 bits per heavy atom. The monoisotopic (exact) mass is 429 g/mol. The van der Waals surface area contributed by atoms with Crippen molar-refractivity contribution in [3.63, 3.8) is 0 Å². The Labute approximate surface area is 174 Å². The van der Waals surface area contributed by atoms with Crippen LogP contribution in [0.1, 0.15) is 49.7 Å². The third-order valence-electron chi connectivity index (χ3n) is 6.06. The fraction of sp³-hybridized carbons (Fsp3) is 0.650. The maximum Gasteiger partial charge on any atom is 0.243 e. The normalized spacial score (nSPS) is 24.4. The number of piperidine rings is 1. The third kappa shape index (κ3) is 5.26. The molecule has 6 nitrogen and oxygen atoms in total. The van der Waals surface area contributed by atoms with Gasteiger partial charge in [-0.25, -0.2) is 8.42 Å². The van der Waals surface area contributed by atoms with Gasteiger partial charge in [0.15, 0.2) is 0 Å². The SMILES string of the molecule is Cc1ccc(S(=O)(=O)N2CCC(C(=O)NC3CCC(N)CC3)CC2)cc1C.Cl. The molecule has 0 unspecified atom stereocenters. The van der Waals surface area contributed by atoms with Crippen molar-refractivity contribution in [2.45, 2.75) is 69.4 Å². The first-order valence-corrected chi connectivity index (χ1v) is 11.3. The summed E-state index contributed by atoms with van der Waals surface area (Å²) < 4.78 is 27.3. The second kappa shape index (κ2) is 9.57. The highest BCUT2D eigenvalue weighted by molar-refractivity contribution is 7.89. The van der Waals surface area contributed by atoms with Gasteiger partial charge >= 0.3 is 0 Å². The van der Waals surface area contributed by atoms with E-state index in [1.54, 1.807) is 12.1 Å². The summed E-state index contributed by atoms with van der Waals surface area (Å²) in [4.78, 5) is 12.9. The number of hydrogen-bond donors (Lipinski definition) is 2. The van der Waals surface area contributed by atoms with Gasteiger partial charge in [0, 0.05) is 31.1 Å². The lowest BCUT2D eigenvalue weighted by atomic mass is 9.90. The van der Waals surface area contributed by atoms with Gasteiger partial charge < -0.3 is 11.1 Å². The second-order valence-electron chi connectivity index (χ2n) is 8.04. The van der Waals surface area contributed by atoms with E-state index in [1.165, 1.54) is 4.31 Å². The molecular formula is C20H32ClN3O3S. The smallest absolute Gasteiger partial charge is 0.243 e. The van der Waals surface area contributed by atoms with Crippen LogP contribution in [-0.4, -0.2) is 43.8 Å². The second-order valence-corrected chi connectivity index (χ2v) is 9.98. The molecule has 158 valence electrons. The molecule has 1 aromatic carbocycles. The van der Waals surface area contributed by atoms with Gasteiger partial charge in [0.05, 0.1) is 4.90 Å². The Bertz CT molecular complexity index is 784. The van der Waals surface area contributed by atoms with Gasteiger partial charge in [0.2, 0.25) is 15.9 Å². The van der Waals surface area contributed by atoms with E-state index in [4.69, 9.17) is 5.73 Å². The van der Waals surface area contributed by atoms with Crippen molar-refractivity contribution in [1.82, 2.24) is 9.62 Å². The van der Waals surface area contributed by atoms with Crippen LogP contribution in [0.4, 0.5) is 0 Å². The van der Waals surface area contributed by atoms with E-state index in [0.717, 1.165) is 36.8 Å². The summed E-state index contributed by atoms with van der Waals surface area (Å²) in [6.07, 6.45) is 4.93. The van der Waals surface area contributed by atoms with E-state index >= 15 is 0 Å². The Hall–Kier alpha value is -1.15. The van der Waals surface area contributed by atoms with Crippen molar-refractivity contribution in [2.24, 2.45) is 11.7 Å². The highest BCUT2D eigenvalue weighted by Crippen LogP contribution is 2.26. The van der Waals surface area contributed by atoms with E-state index in [1.807, 2.05) is 19.9 Å². The highest BCUT2D eigenvalue weighted by atomic mass is 35.5. The number of aryl methyl sites for hydroxylation is 2. The minimum Gasteiger partial charge on any atom is -0.353 e. The van der Waals surface area contributed by atoms with E-state index in [9.17, 15) is 13.2 Å². The Morgan fingerprint density at radius 1 is 1.04 bits per heavy atom. The van der Waals surface area contributed by atoms with Crippen LogP contribution in [0, 0.1) is 19.8 Å². The third-order valence-corrected chi connectivity index (χ3v) is 7.95. The molecule has 2 aliphatic rings. The number of carbonyl (C=O) groups excluding carboxylic acids is 1. The molecule has 3 rings (SSSR count). The molecule has 0 aromatic heterocycles. The molecule has 0 spiro atoms. The molecule has 2 fully saturated rings. The van der Waals surface area contributed by atoms with Crippen LogP contribution in [-0.2, 0) is 14.8 Å². The van der Waals surface area contributed by atoms with Crippen molar-refractivity contribution in [3.8, 4) is 0 Å². The Balaban J connectivity index is 0.00000280. The number of benzene rings is 1. The zero-order chi connectivity index (χ0) is 19.6. The van der Waals surface area contributed by atoms with Crippen molar-refractivity contribution in [2.75, 3.05) is 13.1 Å². The average molecular weight is 430 g/mol. The molecule has 1 amide bonds. The number of amides is 1. The number of nitrogens with two attached hydrogens (primary N) is 1. The maximum atomic E-state index is 12.9. The molecule has 1 aliphatic carbocycles. The molecule has 0 radical (unpaired) electrons. The van der Waals surface area contributed by atoms with Crippen LogP contribution >= 0.6 is 12.4 Å². The standard InChI is InChI=1S/C20H31N3O3S.ClH/c1-14-3-8-19(13-15(14)2)27(25,26)23-11-9-16(10-12-23)20(24)22-18-6-4-17(21)5-7-18;/h3,8,13,16-18H,4-7,9-12,21H2,1-2H3,(H,22,24);1H. The average Bonchev–Trinajstić information content (AvgIpc) is 2.66. The number of rotatable bonds is 4. The van der Waals surface area contributed by atoms with Crippen LogP contribution in [0.15, 0.2) is 23.1 Å². The summed E-state index contributed by atoms with van der Waals surface area (Å²) in [7, 11) is -3.50. The number of nitrogens with zero attached hydrogens (tertiary/aromatic N) is 1. The zero-order valence-corrected chi connectivity index (χ0v) is 18.3. The molecule has 8 heteroatoms. The van der Waals surface area contributed by atoms with Crippen molar-refractivity contribution in [1.29, 1.82) is 0 Å². The molecule has 1 heterocycles. The van der Waals surface area contributed by atoms with Gasteiger partial charge in [-0.2, -0.15) is 4.31 Å². The summed E-state index contributed by atoms with van der Waals surface area (Å²) in [5, 5.41) is 3.15. The van der Waals surface area contributed by atoms with Crippen LogP contribution in [0.3, 0.4) is 0 Å². The number of halogens is 1. The van der Waals surface area contributed by atoms with Gasteiger partial charge in [-0.15, -0.1) is 12.4 Å². The van der Waals surface area contributed by atoms with Gasteiger partial charge in [-0.1, -0.05) is 6.07 Å². The first kappa shape index (κ1) is 23.1. The topological polar surface area (TPSA) is 92.5 Å². The predicted molar refractivity (Wildman–Crippen MR) is 113 cm³/mol. The van der Waals surface area contributed by atoms with Crippen LogP contribution in [0.5, 0.6) is 0 Å². The van der Waals surface area contributed by atoms with E-state index in [2.05, 4.69) is 5.32 Å². The molecule has 0 bridgehead atoms. The number of sulfonamides is 1. The van der Waals surface area contributed by atoms with Crippen molar-refractivity contribution in [3.05, 3.63) is 29.3 Å². The largest absolute Gasteiger partial charge is 0.353 e. The molecule has 3 N–H and O–H groups in total. The summed E-state index contributed by atoms with van der Waals surface area (Å²) in [5.74, 6) is -0.0366. The molecule has 1 aliphatic heterocycles. The van der Waals surface area contributed by atoms with Crippen molar-refractivity contribution < 1.29 is 13.2 Å². The highest BCUT2D eigenvalue weighted by Gasteiger charge is 2.33. The fourth-order valence-corrected chi connectivity index (χ4v) is 5.52. The molecule has 0 atom stereocenters. The van der Waals surface area contributed by atoms with Crippen LogP contribution in [0.2, 0.25) is 0 Å². The molecule has 1 saturated carbocycles. The molecule has 1 aromatic rings. The van der Waals surface area contributed by atoms with Crippen LogP contribution in [0.25, 0.3) is 0 Å². The summed E-state index contributed by atoms with van der Waals surface area (Å²) in [6.45, 7) is 4.67. The number of hydrogen-bond acceptors (Lipinski definition) is 4. The van der Waals surface area contributed by atoms with E-state index in [-0.39, 0.29) is 36.3 Å². The maximum absolute atomic E-state index is 12.9. The van der Waals surface area contributed by atoms with Gasteiger partial charge in [-0.3, -0.25) is 4.79 Å². The van der Waals surface area contributed by atoms with E-state index < -0.39 is 10.0 Å². The first-order valence-electron chi connectivity index (χ1n) is 9.90. The molecular weight excluding hydrogens is 398 g/mol. The van der Waals surface area contributed by atoms with Crippen LogP contribution < -0.4 is 11.1 Å². The molecule has 28 heavy (non-hydrogen) atoms. The van der Waals surface area contributed by atoms with Crippen molar-refractivity contribution >= 4 is 28.3 Å². The number of carbonyl (C=O) groups is 1. The Kier molecular flexibility index (Phi) is 7.90. The summed E-state index contributed by atoms with van der Waals surface area (Å²) in [5.41, 5.74) is 7.96. The predicted octanol–water partition coefficient (Wildman–Crippen LogP) is 2.51. The van der Waals surface area contributed by atoms with Gasteiger partial charge in [0.25, 0.3) is 0 Å². The van der Waals surface area contributed by atoms with Gasteiger partial charge in [-0.05, 0) is 75.6 Å². The fourth-order valence-electron chi connectivity index (χ4n) is 3.96. The zero-order valence-electron chi connectivity index (χ0n) is 16.7. The first-order chi connectivity index (χ1) is 12.8. The summed E-state index contributed by atoms with van der Waals surface area (Å²) in [6, 6.07) is 5.73. The quantitative estimate of drug-likeness (QED) is 0.769.